The zero-order valence-electron chi connectivity index (χ0n) is 10.3. The fraction of sp³-hybridized carbons (Fsp3) is 0.417. The standard InChI is InChI=1S/C12H13F2NO3/c1-4-18-11(17)12(13,14)10(16)9-8(3)5-7(2)6-15-9/h5-6H,4H2,1-3H3. The molecule has 1 aromatic rings. The van der Waals surface area contributed by atoms with E-state index in [1.807, 2.05) is 0 Å². The Bertz CT molecular complexity index is 486. The molecule has 18 heavy (non-hydrogen) atoms. The first kappa shape index (κ1) is 14.2. The lowest BCUT2D eigenvalue weighted by Gasteiger charge is -2.14. The summed E-state index contributed by atoms with van der Waals surface area (Å²) in [6.45, 7) is 4.36. The van der Waals surface area contributed by atoms with Gasteiger partial charge in [0.05, 0.1) is 6.61 Å². The van der Waals surface area contributed by atoms with Crippen LogP contribution in [0.25, 0.3) is 0 Å². The fourth-order valence-electron chi connectivity index (χ4n) is 1.42. The molecule has 1 heterocycles. The van der Waals surface area contributed by atoms with Gasteiger partial charge in [0.15, 0.2) is 0 Å². The Kier molecular flexibility index (Phi) is 4.11. The van der Waals surface area contributed by atoms with E-state index >= 15 is 0 Å². The molecule has 4 nitrogen and oxygen atoms in total. The third-order valence-electron chi connectivity index (χ3n) is 2.25. The average molecular weight is 257 g/mol. The molecule has 1 rings (SSSR count). The van der Waals surface area contributed by atoms with Crippen molar-refractivity contribution >= 4 is 11.8 Å². The molecule has 0 unspecified atom stereocenters. The largest absolute Gasteiger partial charge is 0.461 e. The number of rotatable bonds is 4. The Morgan fingerprint density at radius 2 is 2.00 bits per heavy atom. The van der Waals surface area contributed by atoms with Gasteiger partial charge in [0.1, 0.15) is 5.69 Å². The van der Waals surface area contributed by atoms with Crippen molar-refractivity contribution in [3.05, 3.63) is 29.1 Å². The van der Waals surface area contributed by atoms with Gasteiger partial charge < -0.3 is 4.74 Å². The van der Waals surface area contributed by atoms with Crippen molar-refractivity contribution in [3.63, 3.8) is 0 Å². The second-order valence-electron chi connectivity index (χ2n) is 3.80. The van der Waals surface area contributed by atoms with Crippen LogP contribution in [0.3, 0.4) is 0 Å². The van der Waals surface area contributed by atoms with Crippen molar-refractivity contribution in [1.29, 1.82) is 0 Å². The number of hydrogen-bond acceptors (Lipinski definition) is 4. The van der Waals surface area contributed by atoms with Crippen LogP contribution in [0.5, 0.6) is 0 Å². The minimum absolute atomic E-state index is 0.220. The summed E-state index contributed by atoms with van der Waals surface area (Å²) in [7, 11) is 0. The average Bonchev–Trinajstić information content (AvgIpc) is 2.28. The highest BCUT2D eigenvalue weighted by Gasteiger charge is 2.50. The first-order chi connectivity index (χ1) is 8.30. The zero-order valence-corrected chi connectivity index (χ0v) is 10.3. The predicted molar refractivity (Wildman–Crippen MR) is 59.6 cm³/mol. The number of nitrogens with zero attached hydrogens (tertiary/aromatic N) is 1. The molecule has 0 aliphatic rings. The van der Waals surface area contributed by atoms with Gasteiger partial charge in [0.25, 0.3) is 5.78 Å². The number of ketones is 1. The van der Waals surface area contributed by atoms with Crippen LogP contribution in [0.2, 0.25) is 0 Å². The number of Topliss-reactive ketones (excluding diaryl/α,β-unsaturated/α-hetero) is 1. The molecule has 0 N–H and O–H groups in total. The highest BCUT2D eigenvalue weighted by molar-refractivity contribution is 6.13. The second-order valence-corrected chi connectivity index (χ2v) is 3.80. The lowest BCUT2D eigenvalue weighted by molar-refractivity contribution is -0.164. The number of carbonyl (C=O) groups is 2. The minimum Gasteiger partial charge on any atom is -0.461 e. The summed E-state index contributed by atoms with van der Waals surface area (Å²) >= 11 is 0. The molecular weight excluding hydrogens is 244 g/mol. The van der Waals surface area contributed by atoms with Gasteiger partial charge in [-0.3, -0.25) is 9.78 Å². The third kappa shape index (κ3) is 2.69. The minimum atomic E-state index is -4.21. The molecule has 0 aliphatic heterocycles. The third-order valence-corrected chi connectivity index (χ3v) is 2.25. The molecule has 6 heteroatoms. The molecule has 0 spiro atoms. The zero-order chi connectivity index (χ0) is 13.9. The van der Waals surface area contributed by atoms with Crippen LogP contribution in [0.1, 0.15) is 28.5 Å². The Balaban J connectivity index is 3.09. The van der Waals surface area contributed by atoms with Crippen LogP contribution < -0.4 is 0 Å². The summed E-state index contributed by atoms with van der Waals surface area (Å²) < 4.78 is 31.2. The number of aromatic nitrogens is 1. The molecule has 1 aromatic heterocycles. The van der Waals surface area contributed by atoms with Gasteiger partial charge in [0.2, 0.25) is 0 Å². The smallest absolute Gasteiger partial charge is 0.405 e. The molecule has 98 valence electrons. The van der Waals surface area contributed by atoms with Crippen LogP contribution >= 0.6 is 0 Å². The molecule has 0 saturated carbocycles. The second kappa shape index (κ2) is 5.20. The maximum Gasteiger partial charge on any atom is 0.405 e. The van der Waals surface area contributed by atoms with Crippen molar-refractivity contribution in [2.75, 3.05) is 6.61 Å². The van der Waals surface area contributed by atoms with Gasteiger partial charge >= 0.3 is 11.9 Å². The van der Waals surface area contributed by atoms with E-state index in [4.69, 9.17) is 0 Å². The van der Waals surface area contributed by atoms with E-state index in [-0.39, 0.29) is 6.61 Å². The highest BCUT2D eigenvalue weighted by atomic mass is 19.3. The molecule has 0 radical (unpaired) electrons. The molecule has 0 fully saturated rings. The van der Waals surface area contributed by atoms with Gasteiger partial charge in [-0.2, -0.15) is 8.78 Å². The first-order valence-corrected chi connectivity index (χ1v) is 5.33. The van der Waals surface area contributed by atoms with Gasteiger partial charge in [0, 0.05) is 6.20 Å². The number of alkyl halides is 2. The van der Waals surface area contributed by atoms with Crippen LogP contribution in [0.4, 0.5) is 8.78 Å². The SMILES string of the molecule is CCOC(=O)C(F)(F)C(=O)c1ncc(C)cc1C. The normalized spacial score (nSPS) is 11.2. The number of pyridine rings is 1. The number of ether oxygens (including phenoxy) is 1. The van der Waals surface area contributed by atoms with E-state index in [0.717, 1.165) is 5.56 Å². The van der Waals surface area contributed by atoms with Gasteiger partial charge in [-0.05, 0) is 31.9 Å². The van der Waals surface area contributed by atoms with Crippen LogP contribution in [0, 0.1) is 13.8 Å². The lowest BCUT2D eigenvalue weighted by Crippen LogP contribution is -2.40. The summed E-state index contributed by atoms with van der Waals surface area (Å²) in [5.41, 5.74) is 0.617. The van der Waals surface area contributed by atoms with Gasteiger partial charge in [-0.15, -0.1) is 0 Å². The van der Waals surface area contributed by atoms with E-state index in [1.165, 1.54) is 20.0 Å². The molecular formula is C12H13F2NO3. The van der Waals surface area contributed by atoms with E-state index in [2.05, 4.69) is 9.72 Å². The Morgan fingerprint density at radius 1 is 1.39 bits per heavy atom. The van der Waals surface area contributed by atoms with E-state index < -0.39 is 23.4 Å². The Labute approximate surface area is 103 Å². The van der Waals surface area contributed by atoms with E-state index in [1.54, 1.807) is 13.0 Å². The van der Waals surface area contributed by atoms with Crippen LogP contribution in [-0.4, -0.2) is 29.3 Å². The molecule has 0 saturated heterocycles. The molecule has 0 bridgehead atoms. The lowest BCUT2D eigenvalue weighted by atomic mass is 10.1. The number of aryl methyl sites for hydroxylation is 2. The monoisotopic (exact) mass is 257 g/mol. The number of esters is 1. The van der Waals surface area contributed by atoms with Crippen molar-refractivity contribution in [1.82, 2.24) is 4.98 Å². The number of carbonyl (C=O) groups excluding carboxylic acids is 2. The quantitative estimate of drug-likeness (QED) is 0.471. The summed E-state index contributed by atoms with van der Waals surface area (Å²) in [5, 5.41) is 0. The predicted octanol–water partition coefficient (Wildman–Crippen LogP) is 2.08. The molecule has 0 atom stereocenters. The number of halogens is 2. The highest BCUT2D eigenvalue weighted by Crippen LogP contribution is 2.23. The van der Waals surface area contributed by atoms with Crippen molar-refractivity contribution < 1.29 is 23.1 Å². The van der Waals surface area contributed by atoms with E-state index in [0.29, 0.717) is 5.56 Å². The van der Waals surface area contributed by atoms with Crippen molar-refractivity contribution in [3.8, 4) is 0 Å². The Hall–Kier alpha value is -1.85. The number of hydrogen-bond donors (Lipinski definition) is 0. The van der Waals surface area contributed by atoms with Crippen LogP contribution in [0.15, 0.2) is 12.3 Å². The summed E-state index contributed by atoms with van der Waals surface area (Å²) in [6, 6.07) is 1.54. The maximum atomic E-state index is 13.5. The molecule has 0 amide bonds. The topological polar surface area (TPSA) is 56.3 Å². The summed E-state index contributed by atoms with van der Waals surface area (Å²) in [6.07, 6.45) is 1.29. The van der Waals surface area contributed by atoms with Gasteiger partial charge in [-0.1, -0.05) is 6.07 Å². The van der Waals surface area contributed by atoms with Crippen molar-refractivity contribution in [2.45, 2.75) is 26.7 Å². The maximum absolute atomic E-state index is 13.5. The molecule has 0 aliphatic carbocycles. The summed E-state index contributed by atoms with van der Waals surface area (Å²) in [5.74, 6) is -7.70. The fourth-order valence-corrected chi connectivity index (χ4v) is 1.42. The van der Waals surface area contributed by atoms with Gasteiger partial charge in [-0.25, -0.2) is 4.79 Å². The van der Waals surface area contributed by atoms with Crippen LogP contribution in [-0.2, 0) is 9.53 Å². The van der Waals surface area contributed by atoms with Crippen molar-refractivity contribution in [2.24, 2.45) is 0 Å². The molecule has 0 aromatic carbocycles. The first-order valence-electron chi connectivity index (χ1n) is 5.33. The Morgan fingerprint density at radius 3 is 2.50 bits per heavy atom. The van der Waals surface area contributed by atoms with E-state index in [9.17, 15) is 18.4 Å². The summed E-state index contributed by atoms with van der Waals surface area (Å²) in [4.78, 5) is 26.3.